The molecule has 0 aliphatic rings. The molecule has 0 bridgehead atoms. The molecule has 0 aliphatic carbocycles. The lowest BCUT2D eigenvalue weighted by atomic mass is 10.2. The number of hydrogen-bond donors (Lipinski definition) is 1. The fourth-order valence-corrected chi connectivity index (χ4v) is 2.37. The predicted octanol–water partition coefficient (Wildman–Crippen LogP) is 3.19. The summed E-state index contributed by atoms with van der Waals surface area (Å²) in [7, 11) is 1.79. The molecule has 1 aromatic carbocycles. The van der Waals surface area contributed by atoms with Crippen molar-refractivity contribution in [2.45, 2.75) is 13.8 Å². The van der Waals surface area contributed by atoms with Crippen LogP contribution in [0.4, 0.5) is 10.1 Å². The van der Waals surface area contributed by atoms with Gasteiger partial charge in [0.25, 0.3) is 5.91 Å². The Morgan fingerprint density at radius 2 is 2.11 bits per heavy atom. The van der Waals surface area contributed by atoms with E-state index in [2.05, 4.69) is 26.3 Å². The highest BCUT2D eigenvalue weighted by Crippen LogP contribution is 2.23. The van der Waals surface area contributed by atoms with E-state index in [-0.39, 0.29) is 5.56 Å². The van der Waals surface area contributed by atoms with Gasteiger partial charge in [0, 0.05) is 11.5 Å². The Morgan fingerprint density at radius 3 is 2.63 bits per heavy atom. The summed E-state index contributed by atoms with van der Waals surface area (Å²) in [5.74, 6) is -1.06. The topological polar surface area (TPSA) is 46.9 Å². The van der Waals surface area contributed by atoms with Gasteiger partial charge in [-0.2, -0.15) is 5.10 Å². The normalized spacial score (nSPS) is 10.6. The second kappa shape index (κ2) is 5.13. The van der Waals surface area contributed by atoms with E-state index in [1.807, 2.05) is 6.92 Å². The van der Waals surface area contributed by atoms with Crippen molar-refractivity contribution in [3.05, 3.63) is 45.4 Å². The van der Waals surface area contributed by atoms with E-state index >= 15 is 0 Å². The van der Waals surface area contributed by atoms with E-state index < -0.39 is 11.7 Å². The zero-order valence-electron chi connectivity index (χ0n) is 10.8. The maximum atomic E-state index is 13.7. The molecule has 0 saturated carbocycles. The van der Waals surface area contributed by atoms with Crippen molar-refractivity contribution in [1.82, 2.24) is 9.78 Å². The van der Waals surface area contributed by atoms with Crippen LogP contribution in [0.5, 0.6) is 0 Å². The van der Waals surface area contributed by atoms with E-state index in [0.717, 1.165) is 5.69 Å². The smallest absolute Gasteiger partial charge is 0.259 e. The number of halogens is 2. The van der Waals surface area contributed by atoms with Gasteiger partial charge in [0.15, 0.2) is 0 Å². The molecule has 100 valence electrons. The highest BCUT2D eigenvalue weighted by atomic mass is 79.9. The number of benzene rings is 1. The fraction of sp³-hybridized carbons (Fsp3) is 0.231. The van der Waals surface area contributed by atoms with E-state index in [0.29, 0.717) is 15.9 Å². The summed E-state index contributed by atoms with van der Waals surface area (Å²) >= 11 is 3.18. The van der Waals surface area contributed by atoms with Crippen molar-refractivity contribution < 1.29 is 9.18 Å². The van der Waals surface area contributed by atoms with Crippen molar-refractivity contribution in [2.24, 2.45) is 7.05 Å². The molecule has 0 spiro atoms. The number of amides is 1. The summed E-state index contributed by atoms with van der Waals surface area (Å²) in [6, 6.07) is 4.42. The number of nitrogens with zero attached hydrogens (tertiary/aromatic N) is 2. The van der Waals surface area contributed by atoms with Crippen LogP contribution in [0.25, 0.3) is 0 Å². The third kappa shape index (κ3) is 2.53. The van der Waals surface area contributed by atoms with Crippen molar-refractivity contribution in [2.75, 3.05) is 5.32 Å². The lowest BCUT2D eigenvalue weighted by Gasteiger charge is -2.08. The first-order valence-corrected chi connectivity index (χ1v) is 6.46. The van der Waals surface area contributed by atoms with Gasteiger partial charge in [-0.25, -0.2) is 4.39 Å². The van der Waals surface area contributed by atoms with Crippen LogP contribution in [0.2, 0.25) is 0 Å². The largest absolute Gasteiger partial charge is 0.319 e. The van der Waals surface area contributed by atoms with Gasteiger partial charge in [-0.1, -0.05) is 6.07 Å². The molecule has 1 N–H and O–H groups in total. The molecule has 4 nitrogen and oxygen atoms in total. The molecular weight excluding hydrogens is 313 g/mol. The van der Waals surface area contributed by atoms with Gasteiger partial charge in [-0.05, 0) is 41.9 Å². The van der Waals surface area contributed by atoms with Gasteiger partial charge in [-0.15, -0.1) is 0 Å². The molecule has 0 fully saturated rings. The number of aromatic nitrogens is 2. The van der Waals surface area contributed by atoms with E-state index in [1.54, 1.807) is 24.7 Å². The number of aryl methyl sites for hydroxylation is 2. The van der Waals surface area contributed by atoms with Gasteiger partial charge in [-0.3, -0.25) is 9.48 Å². The number of nitrogens with one attached hydrogen (secondary N) is 1. The molecule has 6 heteroatoms. The van der Waals surface area contributed by atoms with Gasteiger partial charge in [0.2, 0.25) is 0 Å². The highest BCUT2D eigenvalue weighted by Gasteiger charge is 2.18. The zero-order chi connectivity index (χ0) is 14.2. The first-order chi connectivity index (χ1) is 8.91. The van der Waals surface area contributed by atoms with Crippen molar-refractivity contribution in [1.29, 1.82) is 0 Å². The predicted molar refractivity (Wildman–Crippen MR) is 74.7 cm³/mol. The number of hydrogen-bond acceptors (Lipinski definition) is 2. The van der Waals surface area contributed by atoms with E-state index in [9.17, 15) is 9.18 Å². The summed E-state index contributed by atoms with van der Waals surface area (Å²) in [4.78, 5) is 12.2. The Bertz CT molecular complexity index is 631. The number of carbonyl (C=O) groups is 1. The Hall–Kier alpha value is -1.69. The van der Waals surface area contributed by atoms with Gasteiger partial charge in [0.1, 0.15) is 5.82 Å². The summed E-state index contributed by atoms with van der Waals surface area (Å²) in [5.41, 5.74) is 2.12. The van der Waals surface area contributed by atoms with Crippen LogP contribution in [0, 0.1) is 19.7 Å². The van der Waals surface area contributed by atoms with Gasteiger partial charge in [0.05, 0.1) is 22.6 Å². The Morgan fingerprint density at radius 1 is 1.42 bits per heavy atom. The standard InChI is InChI=1S/C13H13BrFN3O/c1-7-12(8(2)18(3)17-7)16-13(19)11-9(14)5-4-6-10(11)15/h4-6H,1-3H3,(H,16,19). The Kier molecular flexibility index (Phi) is 3.71. The average molecular weight is 326 g/mol. The summed E-state index contributed by atoms with van der Waals surface area (Å²) in [6.45, 7) is 3.63. The van der Waals surface area contributed by atoms with Crippen LogP contribution in [0.3, 0.4) is 0 Å². The van der Waals surface area contributed by atoms with Crippen LogP contribution in [-0.4, -0.2) is 15.7 Å². The minimum Gasteiger partial charge on any atom is -0.319 e. The Labute approximate surface area is 118 Å². The molecule has 0 aliphatic heterocycles. The van der Waals surface area contributed by atoms with Crippen LogP contribution in [0.15, 0.2) is 22.7 Å². The van der Waals surface area contributed by atoms with Crippen molar-refractivity contribution in [3.63, 3.8) is 0 Å². The van der Waals surface area contributed by atoms with Crippen LogP contribution < -0.4 is 5.32 Å². The molecule has 2 aromatic rings. The van der Waals surface area contributed by atoms with Crippen LogP contribution >= 0.6 is 15.9 Å². The Balaban J connectivity index is 2.36. The third-order valence-electron chi connectivity index (χ3n) is 2.94. The van der Waals surface area contributed by atoms with Crippen LogP contribution in [-0.2, 0) is 7.05 Å². The minimum absolute atomic E-state index is 0.00912. The second-order valence-electron chi connectivity index (χ2n) is 4.22. The molecule has 0 atom stereocenters. The lowest BCUT2D eigenvalue weighted by molar-refractivity contribution is 0.102. The molecule has 19 heavy (non-hydrogen) atoms. The molecule has 2 rings (SSSR count). The first kappa shape index (κ1) is 13.7. The number of rotatable bonds is 2. The quantitative estimate of drug-likeness (QED) is 0.921. The molecule has 0 unspecified atom stereocenters. The average Bonchev–Trinajstić information content (AvgIpc) is 2.56. The summed E-state index contributed by atoms with van der Waals surface area (Å²) in [6.07, 6.45) is 0. The SMILES string of the molecule is Cc1nn(C)c(C)c1NC(=O)c1c(F)cccc1Br. The highest BCUT2D eigenvalue weighted by molar-refractivity contribution is 9.10. The number of carbonyl (C=O) groups excluding carboxylic acids is 1. The van der Waals surface area contributed by atoms with E-state index in [4.69, 9.17) is 0 Å². The van der Waals surface area contributed by atoms with Gasteiger partial charge >= 0.3 is 0 Å². The molecule has 0 saturated heterocycles. The third-order valence-corrected chi connectivity index (χ3v) is 3.60. The first-order valence-electron chi connectivity index (χ1n) is 5.67. The van der Waals surface area contributed by atoms with Crippen LogP contribution in [0.1, 0.15) is 21.7 Å². The van der Waals surface area contributed by atoms with Crippen molar-refractivity contribution >= 4 is 27.5 Å². The summed E-state index contributed by atoms with van der Waals surface area (Å²) in [5, 5.41) is 6.90. The maximum Gasteiger partial charge on any atom is 0.259 e. The maximum absolute atomic E-state index is 13.7. The molecule has 1 heterocycles. The molecule has 1 aromatic heterocycles. The van der Waals surface area contributed by atoms with E-state index in [1.165, 1.54) is 12.1 Å². The van der Waals surface area contributed by atoms with Crippen molar-refractivity contribution in [3.8, 4) is 0 Å². The monoisotopic (exact) mass is 325 g/mol. The molecule has 0 radical (unpaired) electrons. The minimum atomic E-state index is -0.564. The van der Waals surface area contributed by atoms with Gasteiger partial charge < -0.3 is 5.32 Å². The second-order valence-corrected chi connectivity index (χ2v) is 5.07. The zero-order valence-corrected chi connectivity index (χ0v) is 12.4. The molecular formula is C13H13BrFN3O. The number of anilines is 1. The fourth-order valence-electron chi connectivity index (χ4n) is 1.85. The lowest BCUT2D eigenvalue weighted by Crippen LogP contribution is -2.15. The molecule has 1 amide bonds. The summed E-state index contributed by atoms with van der Waals surface area (Å²) < 4.78 is 15.8.